The van der Waals surface area contributed by atoms with Crippen LogP contribution >= 0.6 is 0 Å². The zero-order valence-corrected chi connectivity index (χ0v) is 12.3. The normalized spacial score (nSPS) is 10.2. The zero-order chi connectivity index (χ0) is 15.0. The van der Waals surface area contributed by atoms with Crippen LogP contribution in [-0.4, -0.2) is 4.98 Å². The minimum absolute atomic E-state index is 0.512. The van der Waals surface area contributed by atoms with Gasteiger partial charge in [0.05, 0.1) is 5.69 Å². The predicted octanol–water partition coefficient (Wildman–Crippen LogP) is 4.27. The van der Waals surface area contributed by atoms with Crippen molar-refractivity contribution in [2.45, 2.75) is 13.2 Å². The summed E-state index contributed by atoms with van der Waals surface area (Å²) >= 11 is 0. The number of hydrogen-bond donors (Lipinski definition) is 1. The van der Waals surface area contributed by atoms with Gasteiger partial charge in [0.2, 0.25) is 5.88 Å². The van der Waals surface area contributed by atoms with Crippen molar-refractivity contribution in [3.8, 4) is 5.88 Å². The third kappa shape index (κ3) is 3.85. The highest BCUT2D eigenvalue weighted by Crippen LogP contribution is 2.22. The zero-order valence-electron chi connectivity index (χ0n) is 12.3. The molecule has 0 radical (unpaired) electrons. The fraction of sp³-hybridized carbons (Fsp3) is 0.105. The van der Waals surface area contributed by atoms with Gasteiger partial charge in [0.25, 0.3) is 0 Å². The lowest BCUT2D eigenvalue weighted by molar-refractivity contribution is 0.295. The van der Waals surface area contributed by atoms with Crippen LogP contribution in [-0.2, 0) is 13.2 Å². The Bertz CT molecular complexity index is 636. The first-order chi connectivity index (χ1) is 10.9. The average molecular weight is 290 g/mol. The number of pyridine rings is 1. The van der Waals surface area contributed by atoms with Gasteiger partial charge < -0.3 is 10.1 Å². The van der Waals surface area contributed by atoms with Crippen LogP contribution in [0, 0.1) is 0 Å². The van der Waals surface area contributed by atoms with Gasteiger partial charge in [-0.25, -0.2) is 4.98 Å². The number of rotatable bonds is 6. The molecule has 1 aromatic heterocycles. The van der Waals surface area contributed by atoms with Crippen molar-refractivity contribution in [1.82, 2.24) is 4.98 Å². The molecule has 0 bridgehead atoms. The molecule has 1 N–H and O–H groups in total. The summed E-state index contributed by atoms with van der Waals surface area (Å²) in [6.45, 7) is 1.26. The topological polar surface area (TPSA) is 34.2 Å². The van der Waals surface area contributed by atoms with Gasteiger partial charge in [0.1, 0.15) is 6.61 Å². The molecule has 0 unspecified atom stereocenters. The molecule has 1 heterocycles. The molecular formula is C19H18N2O. The van der Waals surface area contributed by atoms with E-state index in [1.54, 1.807) is 6.20 Å². The molecule has 3 heteroatoms. The van der Waals surface area contributed by atoms with Crippen molar-refractivity contribution in [1.29, 1.82) is 0 Å². The Hall–Kier alpha value is -2.81. The first kappa shape index (κ1) is 14.1. The lowest BCUT2D eigenvalue weighted by Gasteiger charge is -2.12. The summed E-state index contributed by atoms with van der Waals surface area (Å²) in [5, 5.41) is 3.38. The first-order valence-corrected chi connectivity index (χ1v) is 7.31. The van der Waals surface area contributed by atoms with Crippen LogP contribution in [0.1, 0.15) is 11.1 Å². The second-order valence-electron chi connectivity index (χ2n) is 4.97. The molecule has 22 heavy (non-hydrogen) atoms. The molecule has 0 fully saturated rings. The van der Waals surface area contributed by atoms with Crippen LogP contribution in [0.2, 0.25) is 0 Å². The van der Waals surface area contributed by atoms with E-state index in [0.717, 1.165) is 17.8 Å². The lowest BCUT2D eigenvalue weighted by Crippen LogP contribution is -2.04. The summed E-state index contributed by atoms with van der Waals surface area (Å²) in [6, 6.07) is 24.2. The SMILES string of the molecule is c1ccc(CNc2cccnc2OCc2ccccc2)cc1. The summed E-state index contributed by atoms with van der Waals surface area (Å²) in [4.78, 5) is 4.32. The number of nitrogens with one attached hydrogen (secondary N) is 1. The standard InChI is InChI=1S/C19H18N2O/c1-3-8-16(9-4-1)14-21-18-12-7-13-20-19(18)22-15-17-10-5-2-6-11-17/h1-13,21H,14-15H2. The van der Waals surface area contributed by atoms with Gasteiger partial charge in [0.15, 0.2) is 0 Å². The van der Waals surface area contributed by atoms with Crippen LogP contribution in [0.3, 0.4) is 0 Å². The Morgan fingerprint density at radius 1 is 0.773 bits per heavy atom. The van der Waals surface area contributed by atoms with Gasteiger partial charge >= 0.3 is 0 Å². The molecule has 0 spiro atoms. The molecule has 110 valence electrons. The Balaban J connectivity index is 1.65. The molecule has 3 nitrogen and oxygen atoms in total. The van der Waals surface area contributed by atoms with Crippen LogP contribution in [0.4, 0.5) is 5.69 Å². The van der Waals surface area contributed by atoms with E-state index in [4.69, 9.17) is 4.74 Å². The number of aromatic nitrogens is 1. The highest BCUT2D eigenvalue weighted by molar-refractivity contribution is 5.52. The number of ether oxygens (including phenoxy) is 1. The van der Waals surface area contributed by atoms with E-state index in [9.17, 15) is 0 Å². The predicted molar refractivity (Wildman–Crippen MR) is 88.8 cm³/mol. The van der Waals surface area contributed by atoms with Crippen molar-refractivity contribution in [3.63, 3.8) is 0 Å². The number of nitrogens with zero attached hydrogens (tertiary/aromatic N) is 1. The first-order valence-electron chi connectivity index (χ1n) is 7.31. The molecule has 0 atom stereocenters. The molecule has 0 amide bonds. The van der Waals surface area contributed by atoms with Gasteiger partial charge in [-0.05, 0) is 23.3 Å². The van der Waals surface area contributed by atoms with E-state index in [-0.39, 0.29) is 0 Å². The fourth-order valence-corrected chi connectivity index (χ4v) is 2.16. The van der Waals surface area contributed by atoms with Crippen molar-refractivity contribution in [3.05, 3.63) is 90.1 Å². The Kier molecular flexibility index (Phi) is 4.67. The summed E-state index contributed by atoms with van der Waals surface area (Å²) in [5.41, 5.74) is 3.25. The van der Waals surface area contributed by atoms with E-state index in [1.165, 1.54) is 5.56 Å². The number of hydrogen-bond acceptors (Lipinski definition) is 3. The Labute approximate surface area is 130 Å². The van der Waals surface area contributed by atoms with Crippen molar-refractivity contribution in [2.75, 3.05) is 5.32 Å². The monoisotopic (exact) mass is 290 g/mol. The Morgan fingerprint density at radius 3 is 2.18 bits per heavy atom. The van der Waals surface area contributed by atoms with E-state index in [2.05, 4.69) is 22.4 Å². The highest BCUT2D eigenvalue weighted by atomic mass is 16.5. The van der Waals surface area contributed by atoms with E-state index in [1.807, 2.05) is 60.7 Å². The molecule has 0 aliphatic rings. The average Bonchev–Trinajstić information content (AvgIpc) is 2.61. The molecule has 2 aromatic carbocycles. The third-order valence-electron chi connectivity index (χ3n) is 3.32. The smallest absolute Gasteiger partial charge is 0.237 e. The van der Waals surface area contributed by atoms with Crippen LogP contribution in [0.25, 0.3) is 0 Å². The summed E-state index contributed by atoms with van der Waals surface area (Å²) in [7, 11) is 0. The third-order valence-corrected chi connectivity index (χ3v) is 3.32. The summed E-state index contributed by atoms with van der Waals surface area (Å²) < 4.78 is 5.84. The fourth-order valence-electron chi connectivity index (χ4n) is 2.16. The van der Waals surface area contributed by atoms with Gasteiger partial charge in [-0.2, -0.15) is 0 Å². The minimum atomic E-state index is 0.512. The van der Waals surface area contributed by atoms with E-state index in [0.29, 0.717) is 12.5 Å². The van der Waals surface area contributed by atoms with Crippen molar-refractivity contribution in [2.24, 2.45) is 0 Å². The lowest BCUT2D eigenvalue weighted by atomic mass is 10.2. The molecule has 0 aliphatic heterocycles. The second kappa shape index (κ2) is 7.27. The molecular weight excluding hydrogens is 272 g/mol. The van der Waals surface area contributed by atoms with Crippen molar-refractivity contribution >= 4 is 5.69 Å². The van der Waals surface area contributed by atoms with Crippen molar-refractivity contribution < 1.29 is 4.74 Å². The molecule has 0 saturated heterocycles. The van der Waals surface area contributed by atoms with Gasteiger partial charge in [0, 0.05) is 12.7 Å². The van der Waals surface area contributed by atoms with Gasteiger partial charge in [-0.15, -0.1) is 0 Å². The minimum Gasteiger partial charge on any atom is -0.471 e. The van der Waals surface area contributed by atoms with E-state index < -0.39 is 0 Å². The quantitative estimate of drug-likeness (QED) is 0.736. The summed E-state index contributed by atoms with van der Waals surface area (Å²) in [5.74, 6) is 0.627. The highest BCUT2D eigenvalue weighted by Gasteiger charge is 2.04. The van der Waals surface area contributed by atoms with Gasteiger partial charge in [-0.1, -0.05) is 60.7 Å². The number of anilines is 1. The van der Waals surface area contributed by atoms with E-state index >= 15 is 0 Å². The number of benzene rings is 2. The van der Waals surface area contributed by atoms with Crippen LogP contribution < -0.4 is 10.1 Å². The molecule has 0 saturated carbocycles. The maximum absolute atomic E-state index is 5.84. The maximum Gasteiger partial charge on any atom is 0.237 e. The largest absolute Gasteiger partial charge is 0.471 e. The molecule has 3 rings (SSSR count). The summed E-state index contributed by atoms with van der Waals surface area (Å²) in [6.07, 6.45) is 1.74. The maximum atomic E-state index is 5.84. The van der Waals surface area contributed by atoms with Crippen LogP contribution in [0.5, 0.6) is 5.88 Å². The van der Waals surface area contributed by atoms with Gasteiger partial charge in [-0.3, -0.25) is 0 Å². The second-order valence-corrected chi connectivity index (χ2v) is 4.97. The van der Waals surface area contributed by atoms with Crippen LogP contribution in [0.15, 0.2) is 79.0 Å². The molecule has 0 aliphatic carbocycles. The Morgan fingerprint density at radius 2 is 1.45 bits per heavy atom. The molecule has 3 aromatic rings.